The highest BCUT2D eigenvalue weighted by Crippen LogP contribution is 2.19. The Hall–Kier alpha value is -2.71. The Labute approximate surface area is 158 Å². The Bertz CT molecular complexity index is 926. The van der Waals surface area contributed by atoms with Gasteiger partial charge in [0, 0.05) is 18.7 Å². The van der Waals surface area contributed by atoms with E-state index >= 15 is 0 Å². The summed E-state index contributed by atoms with van der Waals surface area (Å²) < 4.78 is 26.4. The van der Waals surface area contributed by atoms with E-state index in [4.69, 9.17) is 0 Å². The number of amides is 1. The zero-order chi connectivity index (χ0) is 20.2. The lowest BCUT2D eigenvalue weighted by molar-refractivity contribution is -0.139. The quantitative estimate of drug-likeness (QED) is 0.755. The monoisotopic (exact) mass is 390 g/mol. The van der Waals surface area contributed by atoms with Crippen molar-refractivity contribution in [3.63, 3.8) is 0 Å². The van der Waals surface area contributed by atoms with Crippen molar-refractivity contribution in [3.05, 3.63) is 65.7 Å². The van der Waals surface area contributed by atoms with Gasteiger partial charge in [0.2, 0.25) is 10.0 Å². The molecule has 0 aliphatic heterocycles. The van der Waals surface area contributed by atoms with Gasteiger partial charge in [-0.3, -0.25) is 4.79 Å². The summed E-state index contributed by atoms with van der Waals surface area (Å²) in [5.41, 5.74) is 0.483. The highest BCUT2D eigenvalue weighted by atomic mass is 32.2. The minimum Gasteiger partial charge on any atom is -0.479 e. The number of nitrogens with one attached hydrogen (secondary N) is 1. The second-order valence-electron chi connectivity index (χ2n) is 6.30. The number of sulfonamides is 1. The number of aliphatic carboxylic acids is 1. The van der Waals surface area contributed by atoms with Crippen LogP contribution in [0.3, 0.4) is 0 Å². The minimum absolute atomic E-state index is 0.0297. The van der Waals surface area contributed by atoms with Crippen LogP contribution in [0.4, 0.5) is 0 Å². The highest BCUT2D eigenvalue weighted by molar-refractivity contribution is 7.89. The van der Waals surface area contributed by atoms with E-state index in [1.165, 1.54) is 35.6 Å². The van der Waals surface area contributed by atoms with Crippen LogP contribution in [-0.4, -0.2) is 42.8 Å². The van der Waals surface area contributed by atoms with Gasteiger partial charge in [-0.05, 0) is 37.6 Å². The largest absolute Gasteiger partial charge is 0.479 e. The summed E-state index contributed by atoms with van der Waals surface area (Å²) >= 11 is 0. The Morgan fingerprint density at radius 1 is 1.04 bits per heavy atom. The summed E-state index contributed by atoms with van der Waals surface area (Å²) in [7, 11) is -2.29. The maximum absolute atomic E-state index is 12.6. The number of rotatable bonds is 7. The van der Waals surface area contributed by atoms with Gasteiger partial charge in [-0.1, -0.05) is 36.4 Å². The molecule has 0 heterocycles. The predicted octanol–water partition coefficient (Wildman–Crippen LogP) is 2.27. The summed E-state index contributed by atoms with van der Waals surface area (Å²) in [5.74, 6) is -1.88. The molecule has 1 atom stereocenters. The lowest BCUT2D eigenvalue weighted by Gasteiger charge is -2.21. The Morgan fingerprint density at radius 2 is 1.67 bits per heavy atom. The van der Waals surface area contributed by atoms with Gasteiger partial charge < -0.3 is 10.4 Å². The lowest BCUT2D eigenvalue weighted by Crippen LogP contribution is -2.34. The number of benzene rings is 2. The maximum Gasteiger partial charge on any atom is 0.330 e. The van der Waals surface area contributed by atoms with Gasteiger partial charge in [0.05, 0.1) is 4.90 Å². The smallest absolute Gasteiger partial charge is 0.330 e. The first-order valence-electron chi connectivity index (χ1n) is 8.31. The first kappa shape index (κ1) is 20.6. The van der Waals surface area contributed by atoms with Crippen LogP contribution in [0.25, 0.3) is 0 Å². The number of hydrogen-bond acceptors (Lipinski definition) is 4. The molecule has 7 nitrogen and oxygen atoms in total. The molecule has 0 aromatic heterocycles. The first-order chi connectivity index (χ1) is 12.6. The maximum atomic E-state index is 12.6. The van der Waals surface area contributed by atoms with Gasteiger partial charge >= 0.3 is 5.97 Å². The molecule has 2 aromatic carbocycles. The van der Waals surface area contributed by atoms with Crippen molar-refractivity contribution in [2.24, 2.45) is 0 Å². The fraction of sp³-hybridized carbons (Fsp3) is 0.263. The zero-order valence-electron chi connectivity index (χ0n) is 15.3. The molecule has 0 saturated heterocycles. The summed E-state index contributed by atoms with van der Waals surface area (Å²) in [6, 6.07) is 12.3. The topological polar surface area (TPSA) is 104 Å². The van der Waals surface area contributed by atoms with E-state index in [2.05, 4.69) is 5.32 Å². The molecule has 2 aromatic rings. The number of carboxylic acid groups (broad SMARTS) is 1. The molecule has 0 fully saturated rings. The van der Waals surface area contributed by atoms with Gasteiger partial charge in [0.25, 0.3) is 5.91 Å². The van der Waals surface area contributed by atoms with Gasteiger partial charge in [-0.25, -0.2) is 13.2 Å². The van der Waals surface area contributed by atoms with Crippen LogP contribution in [0.15, 0.2) is 59.5 Å². The van der Waals surface area contributed by atoms with E-state index in [0.717, 1.165) is 0 Å². The minimum atomic E-state index is -3.75. The van der Waals surface area contributed by atoms with Crippen LogP contribution in [0.5, 0.6) is 0 Å². The normalized spacial score (nSPS) is 12.8. The van der Waals surface area contributed by atoms with E-state index in [0.29, 0.717) is 5.56 Å². The SMILES string of the molecule is CC(C)N(C)S(=O)(=O)c1cccc(C(=O)N[C@H](C(=O)O)c2ccccc2)c1. The van der Waals surface area contributed by atoms with Gasteiger partial charge in [-0.15, -0.1) is 0 Å². The second kappa shape index (κ2) is 8.32. The molecule has 0 radical (unpaired) electrons. The lowest BCUT2D eigenvalue weighted by atomic mass is 10.1. The fourth-order valence-electron chi connectivity index (χ4n) is 2.39. The molecule has 0 spiro atoms. The van der Waals surface area contributed by atoms with Crippen LogP contribution in [0.2, 0.25) is 0 Å². The van der Waals surface area contributed by atoms with Crippen LogP contribution in [0, 0.1) is 0 Å². The molecular weight excluding hydrogens is 368 g/mol. The van der Waals surface area contributed by atoms with E-state index in [-0.39, 0.29) is 16.5 Å². The average Bonchev–Trinajstić information content (AvgIpc) is 2.65. The molecule has 27 heavy (non-hydrogen) atoms. The average molecular weight is 390 g/mol. The summed E-state index contributed by atoms with van der Waals surface area (Å²) in [5, 5.41) is 11.9. The molecule has 0 aliphatic rings. The second-order valence-corrected chi connectivity index (χ2v) is 8.30. The number of carbonyl (C=O) groups is 2. The Morgan fingerprint density at radius 3 is 2.22 bits per heavy atom. The van der Waals surface area contributed by atoms with Crippen molar-refractivity contribution in [2.45, 2.75) is 30.8 Å². The predicted molar refractivity (Wildman–Crippen MR) is 101 cm³/mol. The standard InChI is InChI=1S/C19H22N2O5S/c1-13(2)21(3)27(25,26)16-11-7-10-15(12-16)18(22)20-17(19(23)24)14-8-5-4-6-9-14/h4-13,17H,1-3H3,(H,20,22)(H,23,24)/t17-/m0/s1. The molecule has 2 N–H and O–H groups in total. The van der Waals surface area contributed by atoms with Crippen molar-refractivity contribution >= 4 is 21.9 Å². The van der Waals surface area contributed by atoms with Gasteiger partial charge in [0.1, 0.15) is 0 Å². The summed E-state index contributed by atoms with van der Waals surface area (Å²) in [6.07, 6.45) is 0. The molecule has 144 valence electrons. The number of carboxylic acids is 1. The molecule has 0 unspecified atom stereocenters. The third-order valence-electron chi connectivity index (χ3n) is 4.16. The van der Waals surface area contributed by atoms with Crippen molar-refractivity contribution in [2.75, 3.05) is 7.05 Å². The van der Waals surface area contributed by atoms with E-state index in [9.17, 15) is 23.1 Å². The molecule has 2 rings (SSSR count). The van der Waals surface area contributed by atoms with Crippen molar-refractivity contribution < 1.29 is 23.1 Å². The molecule has 0 bridgehead atoms. The summed E-state index contributed by atoms with van der Waals surface area (Å²) in [4.78, 5) is 24.0. The third-order valence-corrected chi connectivity index (χ3v) is 6.19. The third kappa shape index (κ3) is 4.72. The Balaban J connectivity index is 2.31. The number of hydrogen-bond donors (Lipinski definition) is 2. The van der Waals surface area contributed by atoms with E-state index in [1.54, 1.807) is 44.2 Å². The molecule has 8 heteroatoms. The molecule has 1 amide bonds. The molecule has 0 saturated carbocycles. The van der Waals surface area contributed by atoms with Gasteiger partial charge in [-0.2, -0.15) is 4.31 Å². The highest BCUT2D eigenvalue weighted by Gasteiger charge is 2.26. The number of carbonyl (C=O) groups excluding carboxylic acids is 1. The van der Waals surface area contributed by atoms with E-state index < -0.39 is 27.9 Å². The summed E-state index contributed by atoms with van der Waals surface area (Å²) in [6.45, 7) is 3.48. The zero-order valence-corrected chi connectivity index (χ0v) is 16.1. The van der Waals surface area contributed by atoms with Crippen LogP contribution in [0.1, 0.15) is 35.8 Å². The number of nitrogens with zero attached hydrogens (tertiary/aromatic N) is 1. The van der Waals surface area contributed by atoms with Crippen LogP contribution < -0.4 is 5.32 Å². The van der Waals surface area contributed by atoms with Crippen LogP contribution >= 0.6 is 0 Å². The Kier molecular flexibility index (Phi) is 6.35. The van der Waals surface area contributed by atoms with Crippen molar-refractivity contribution in [1.29, 1.82) is 0 Å². The van der Waals surface area contributed by atoms with Gasteiger partial charge in [0.15, 0.2) is 6.04 Å². The molecule has 0 aliphatic carbocycles. The van der Waals surface area contributed by atoms with Crippen LogP contribution in [-0.2, 0) is 14.8 Å². The van der Waals surface area contributed by atoms with E-state index in [1.807, 2.05) is 0 Å². The molecular formula is C19H22N2O5S. The van der Waals surface area contributed by atoms with Crippen molar-refractivity contribution in [1.82, 2.24) is 9.62 Å². The first-order valence-corrected chi connectivity index (χ1v) is 9.75. The van der Waals surface area contributed by atoms with Crippen molar-refractivity contribution in [3.8, 4) is 0 Å². The fourth-order valence-corrected chi connectivity index (χ4v) is 3.80.